The molecule has 1 amide bonds. The van der Waals surface area contributed by atoms with E-state index in [1.54, 1.807) is 0 Å². The second-order valence-corrected chi connectivity index (χ2v) is 7.74. The third-order valence-corrected chi connectivity index (χ3v) is 5.90. The highest BCUT2D eigenvalue weighted by atomic mass is 16.2. The number of hydrogen-bond acceptors (Lipinski definition) is 2. The number of hydrogen-bond donors (Lipinski definition) is 0. The number of rotatable bonds is 4. The van der Waals surface area contributed by atoms with E-state index in [-0.39, 0.29) is 0 Å². The summed E-state index contributed by atoms with van der Waals surface area (Å²) in [5.74, 6) is 0.896. The zero-order valence-electron chi connectivity index (χ0n) is 15.4. The van der Waals surface area contributed by atoms with Gasteiger partial charge >= 0.3 is 0 Å². The van der Waals surface area contributed by atoms with Gasteiger partial charge < -0.3 is 4.90 Å². The predicted octanol–water partition coefficient (Wildman–Crippen LogP) is 3.87. The lowest BCUT2D eigenvalue weighted by Gasteiger charge is -2.34. The second-order valence-electron chi connectivity index (χ2n) is 7.74. The number of benzene rings is 2. The van der Waals surface area contributed by atoms with Crippen molar-refractivity contribution in [1.29, 1.82) is 0 Å². The summed E-state index contributed by atoms with van der Waals surface area (Å²) in [4.78, 5) is 17.4. The van der Waals surface area contributed by atoms with Crippen LogP contribution >= 0.6 is 0 Å². The SMILES string of the molecule is O=C(CC1CCN(Cc2ccccc2)CC1)N1CCc2ccccc2C1. The third kappa shape index (κ3) is 4.16. The molecular formula is C23H28N2O. The molecule has 2 aromatic rings. The molecule has 0 radical (unpaired) electrons. The van der Waals surface area contributed by atoms with Gasteiger partial charge in [-0.2, -0.15) is 0 Å². The number of amides is 1. The van der Waals surface area contributed by atoms with Gasteiger partial charge in [0.2, 0.25) is 5.91 Å². The van der Waals surface area contributed by atoms with Crippen LogP contribution in [0.25, 0.3) is 0 Å². The average Bonchev–Trinajstić information content (AvgIpc) is 2.70. The summed E-state index contributed by atoms with van der Waals surface area (Å²) in [7, 11) is 0. The molecule has 0 aromatic heterocycles. The molecule has 0 saturated carbocycles. The minimum Gasteiger partial charge on any atom is -0.338 e. The normalized spacial score (nSPS) is 18.5. The molecule has 4 rings (SSSR count). The lowest BCUT2D eigenvalue weighted by atomic mass is 9.92. The lowest BCUT2D eigenvalue weighted by molar-refractivity contribution is -0.133. The molecule has 2 aliphatic rings. The Kier molecular flexibility index (Phi) is 5.35. The molecule has 0 unspecified atom stereocenters. The van der Waals surface area contributed by atoms with Gasteiger partial charge in [0, 0.05) is 26.1 Å². The highest BCUT2D eigenvalue weighted by Crippen LogP contribution is 2.25. The predicted molar refractivity (Wildman–Crippen MR) is 105 cm³/mol. The van der Waals surface area contributed by atoms with E-state index in [1.165, 1.54) is 16.7 Å². The second kappa shape index (κ2) is 8.05. The molecule has 1 saturated heterocycles. The van der Waals surface area contributed by atoms with E-state index in [1.807, 2.05) is 0 Å². The molecule has 26 heavy (non-hydrogen) atoms. The van der Waals surface area contributed by atoms with Crippen molar-refractivity contribution in [1.82, 2.24) is 9.80 Å². The van der Waals surface area contributed by atoms with E-state index in [2.05, 4.69) is 64.4 Å². The Balaban J connectivity index is 1.25. The number of likely N-dealkylation sites (tertiary alicyclic amines) is 1. The van der Waals surface area contributed by atoms with Crippen molar-refractivity contribution >= 4 is 5.91 Å². The van der Waals surface area contributed by atoms with Crippen LogP contribution in [0.3, 0.4) is 0 Å². The van der Waals surface area contributed by atoms with E-state index in [4.69, 9.17) is 0 Å². The van der Waals surface area contributed by atoms with Crippen LogP contribution in [-0.4, -0.2) is 35.3 Å². The van der Waals surface area contributed by atoms with Gasteiger partial charge in [-0.3, -0.25) is 9.69 Å². The van der Waals surface area contributed by atoms with Gasteiger partial charge in [0.1, 0.15) is 0 Å². The van der Waals surface area contributed by atoms with Crippen molar-refractivity contribution in [2.45, 2.75) is 38.8 Å². The molecular weight excluding hydrogens is 320 g/mol. The molecule has 0 N–H and O–H groups in total. The smallest absolute Gasteiger partial charge is 0.223 e. The molecule has 3 nitrogen and oxygen atoms in total. The van der Waals surface area contributed by atoms with Gasteiger partial charge in [0.05, 0.1) is 0 Å². The average molecular weight is 348 g/mol. The maximum atomic E-state index is 12.8. The lowest BCUT2D eigenvalue weighted by Crippen LogP contribution is -2.39. The van der Waals surface area contributed by atoms with E-state index >= 15 is 0 Å². The first-order chi connectivity index (χ1) is 12.8. The Hall–Kier alpha value is -2.13. The fraction of sp³-hybridized carbons (Fsp3) is 0.435. The van der Waals surface area contributed by atoms with Gasteiger partial charge in [-0.05, 0) is 55.0 Å². The van der Waals surface area contributed by atoms with Crippen molar-refractivity contribution in [3.05, 3.63) is 71.3 Å². The Labute approximate surface area is 156 Å². The topological polar surface area (TPSA) is 23.6 Å². The first-order valence-corrected chi connectivity index (χ1v) is 9.89. The van der Waals surface area contributed by atoms with Gasteiger partial charge in [-0.25, -0.2) is 0 Å². The van der Waals surface area contributed by atoms with Crippen LogP contribution in [0, 0.1) is 5.92 Å². The monoisotopic (exact) mass is 348 g/mol. The van der Waals surface area contributed by atoms with Crippen LogP contribution in [0.5, 0.6) is 0 Å². The van der Waals surface area contributed by atoms with Crippen LogP contribution in [0.15, 0.2) is 54.6 Å². The van der Waals surface area contributed by atoms with E-state index in [9.17, 15) is 4.79 Å². The Morgan fingerprint density at radius 1 is 0.885 bits per heavy atom. The van der Waals surface area contributed by atoms with Gasteiger partial charge in [0.25, 0.3) is 0 Å². The van der Waals surface area contributed by atoms with Crippen molar-refractivity contribution in [3.63, 3.8) is 0 Å². The molecule has 0 spiro atoms. The summed E-state index contributed by atoms with van der Waals surface area (Å²) in [5.41, 5.74) is 4.12. The number of nitrogens with zero attached hydrogens (tertiary/aromatic N) is 2. The van der Waals surface area contributed by atoms with Crippen molar-refractivity contribution in [2.75, 3.05) is 19.6 Å². The number of carbonyl (C=O) groups excluding carboxylic acids is 1. The third-order valence-electron chi connectivity index (χ3n) is 5.90. The first-order valence-electron chi connectivity index (χ1n) is 9.89. The van der Waals surface area contributed by atoms with Crippen LogP contribution in [0.4, 0.5) is 0 Å². The maximum Gasteiger partial charge on any atom is 0.223 e. The minimum atomic E-state index is 0.348. The maximum absolute atomic E-state index is 12.8. The van der Waals surface area contributed by atoms with Crippen molar-refractivity contribution in [3.8, 4) is 0 Å². The summed E-state index contributed by atoms with van der Waals surface area (Å²) in [6, 6.07) is 19.2. The molecule has 2 heterocycles. The summed E-state index contributed by atoms with van der Waals surface area (Å²) in [6.45, 7) is 4.92. The molecule has 136 valence electrons. The fourth-order valence-electron chi connectivity index (χ4n) is 4.27. The molecule has 0 aliphatic carbocycles. The van der Waals surface area contributed by atoms with Crippen molar-refractivity contribution in [2.24, 2.45) is 5.92 Å². The molecule has 0 bridgehead atoms. The standard InChI is InChI=1S/C23H28N2O/c26-23(25-15-12-21-8-4-5-9-22(21)18-25)16-19-10-13-24(14-11-19)17-20-6-2-1-3-7-20/h1-9,19H,10-18H2. The molecule has 3 heteroatoms. The largest absolute Gasteiger partial charge is 0.338 e. The van der Waals surface area contributed by atoms with Crippen LogP contribution in [-0.2, 0) is 24.3 Å². The van der Waals surface area contributed by atoms with Crippen molar-refractivity contribution < 1.29 is 4.79 Å². The van der Waals surface area contributed by atoms with Gasteiger partial charge in [-0.15, -0.1) is 0 Å². The quantitative estimate of drug-likeness (QED) is 0.837. The first kappa shape index (κ1) is 17.3. The van der Waals surface area contributed by atoms with E-state index < -0.39 is 0 Å². The number of piperidine rings is 1. The Morgan fingerprint density at radius 3 is 2.35 bits per heavy atom. The van der Waals surface area contributed by atoms with Crippen LogP contribution < -0.4 is 0 Å². The zero-order valence-corrected chi connectivity index (χ0v) is 15.4. The fourth-order valence-corrected chi connectivity index (χ4v) is 4.27. The Morgan fingerprint density at radius 2 is 1.58 bits per heavy atom. The Bertz CT molecular complexity index is 735. The summed E-state index contributed by atoms with van der Waals surface area (Å²) in [6.07, 6.45) is 4.00. The zero-order chi connectivity index (χ0) is 17.8. The van der Waals surface area contributed by atoms with Crippen LogP contribution in [0.2, 0.25) is 0 Å². The van der Waals surface area contributed by atoms with Crippen LogP contribution in [0.1, 0.15) is 36.0 Å². The number of carbonyl (C=O) groups is 1. The molecule has 2 aromatic carbocycles. The van der Waals surface area contributed by atoms with Gasteiger partial charge in [0.15, 0.2) is 0 Å². The van der Waals surface area contributed by atoms with Gasteiger partial charge in [-0.1, -0.05) is 54.6 Å². The highest BCUT2D eigenvalue weighted by molar-refractivity contribution is 5.76. The summed E-state index contributed by atoms with van der Waals surface area (Å²) >= 11 is 0. The minimum absolute atomic E-state index is 0.348. The van der Waals surface area contributed by atoms with E-state index in [0.717, 1.165) is 58.4 Å². The highest BCUT2D eigenvalue weighted by Gasteiger charge is 2.25. The summed E-state index contributed by atoms with van der Waals surface area (Å²) in [5, 5.41) is 0. The van der Waals surface area contributed by atoms with E-state index in [0.29, 0.717) is 11.8 Å². The molecule has 0 atom stereocenters. The number of fused-ring (bicyclic) bond motifs is 1. The molecule has 1 fully saturated rings. The summed E-state index contributed by atoms with van der Waals surface area (Å²) < 4.78 is 0. The molecule has 2 aliphatic heterocycles.